The number of nitrogens with zero attached hydrogens (tertiary/aromatic N) is 1. The van der Waals surface area contributed by atoms with Gasteiger partial charge in [0.2, 0.25) is 5.13 Å². The van der Waals surface area contributed by atoms with Crippen molar-refractivity contribution in [3.05, 3.63) is 111 Å². The molecule has 5 nitrogen and oxygen atoms in total. The number of benzene rings is 2. The minimum atomic E-state index is -4.77. The van der Waals surface area contributed by atoms with Gasteiger partial charge in [0.05, 0.1) is 13.7 Å². The van der Waals surface area contributed by atoms with Crippen LogP contribution >= 0.6 is 46.2 Å². The second kappa shape index (κ2) is 18.2. The van der Waals surface area contributed by atoms with Crippen LogP contribution in [0.5, 0.6) is 0 Å². The molecule has 0 atom stereocenters. The van der Waals surface area contributed by atoms with E-state index in [-0.39, 0.29) is 24.7 Å². The second-order valence-electron chi connectivity index (χ2n) is 8.70. The van der Waals surface area contributed by atoms with Gasteiger partial charge in [0.15, 0.2) is 5.82 Å². The molecule has 2 aromatic carbocycles. The molecule has 2 aliphatic rings. The van der Waals surface area contributed by atoms with Crippen molar-refractivity contribution in [3.63, 3.8) is 0 Å². The molecule has 4 heterocycles. The van der Waals surface area contributed by atoms with Crippen molar-refractivity contribution >= 4 is 66.2 Å². The molecule has 0 saturated carbocycles. The van der Waals surface area contributed by atoms with Crippen LogP contribution in [0.1, 0.15) is 40.6 Å². The van der Waals surface area contributed by atoms with E-state index in [1.54, 1.807) is 40.2 Å². The summed E-state index contributed by atoms with van der Waals surface area (Å²) in [7, 11) is -9.53. The van der Waals surface area contributed by atoms with Gasteiger partial charge in [-0.2, -0.15) is 34.3 Å². The second-order valence-corrected chi connectivity index (χ2v) is 16.4. The Bertz CT molecular complexity index is 1610. The summed E-state index contributed by atoms with van der Waals surface area (Å²) in [5.74, 6) is 2.70. The van der Waals surface area contributed by atoms with Gasteiger partial charge >= 0.3 is 18.9 Å². The van der Waals surface area contributed by atoms with Crippen LogP contribution in [-0.4, -0.2) is 20.8 Å². The number of sulfonamides is 2. The number of unbranched alkanes of at least 4 members (excludes halogenated alkanes) is 1. The standard InChI is InChI=1S/C12H10FNO4S2.C6H4F2S2.C6H5FS2.C4H9.Li/c13-14(19(15,16)11-7-3-1-4-8-11)20(17,18)12-9-5-2-6-10-12;7-5-3-1-9-2-4(3)10-6(5)8;7-5-2-9-6-3-8-1-4(5)6;1-3-4-2;/h1-10H;1-2H2;2H,1,3H2;1,3-4H2,2H3;/q;;;-1;+1. The zero-order valence-electron chi connectivity index (χ0n) is 23.8. The molecule has 0 bridgehead atoms. The first-order chi connectivity index (χ1) is 20.4. The molecule has 0 amide bonds. The van der Waals surface area contributed by atoms with Crippen molar-refractivity contribution in [2.45, 2.75) is 52.6 Å². The molecule has 0 spiro atoms. The Morgan fingerprint density at radius 3 is 1.66 bits per heavy atom. The Morgan fingerprint density at radius 1 is 0.773 bits per heavy atom. The molecular formula is C28H28F4LiNO4S6. The zero-order valence-corrected chi connectivity index (χ0v) is 28.7. The monoisotopic (exact) mass is 717 g/mol. The maximum absolute atomic E-state index is 14.0. The summed E-state index contributed by atoms with van der Waals surface area (Å²) >= 11 is 5.91. The van der Waals surface area contributed by atoms with Crippen molar-refractivity contribution < 1.29 is 53.3 Å². The molecule has 234 valence electrons. The van der Waals surface area contributed by atoms with Crippen LogP contribution in [0.3, 0.4) is 0 Å². The fraction of sp³-hybridized carbons (Fsp3) is 0.250. The fourth-order valence-corrected chi connectivity index (χ4v) is 10.8. The molecular weight excluding hydrogens is 690 g/mol. The summed E-state index contributed by atoms with van der Waals surface area (Å²) in [4.78, 5) is 1.22. The maximum Gasteiger partial charge on any atom is 1.00 e. The molecule has 6 rings (SSSR count). The predicted octanol–water partition coefficient (Wildman–Crippen LogP) is 5.98. The van der Waals surface area contributed by atoms with Gasteiger partial charge in [-0.15, -0.1) is 27.2 Å². The molecule has 44 heavy (non-hydrogen) atoms. The van der Waals surface area contributed by atoms with Crippen LogP contribution in [0, 0.1) is 23.7 Å². The van der Waals surface area contributed by atoms with Crippen LogP contribution in [0.25, 0.3) is 0 Å². The molecule has 0 saturated heterocycles. The largest absolute Gasteiger partial charge is 1.00 e. The minimum Gasteiger partial charge on any atom is -0.343 e. The number of hydrogen-bond acceptors (Lipinski definition) is 8. The minimum absolute atomic E-state index is 0. The van der Waals surface area contributed by atoms with Crippen LogP contribution in [0.15, 0.2) is 75.8 Å². The maximum atomic E-state index is 14.0. The first-order valence-corrected chi connectivity index (χ1v) is 19.5. The summed E-state index contributed by atoms with van der Waals surface area (Å²) in [5.41, 5.74) is 1.54. The van der Waals surface area contributed by atoms with Gasteiger partial charge in [0.25, 0.3) is 20.0 Å². The number of rotatable bonds is 5. The van der Waals surface area contributed by atoms with Gasteiger partial charge in [0, 0.05) is 49.3 Å². The van der Waals surface area contributed by atoms with E-state index in [0.717, 1.165) is 69.7 Å². The summed E-state index contributed by atoms with van der Waals surface area (Å²) < 4.78 is 98.4. The van der Waals surface area contributed by atoms with Crippen LogP contribution < -0.4 is 18.9 Å². The van der Waals surface area contributed by atoms with E-state index in [4.69, 9.17) is 0 Å². The average Bonchev–Trinajstić information content (AvgIpc) is 3.81. The number of hydrogen-bond donors (Lipinski definition) is 0. The van der Waals surface area contributed by atoms with Gasteiger partial charge in [0.1, 0.15) is 5.82 Å². The van der Waals surface area contributed by atoms with E-state index in [2.05, 4.69) is 13.8 Å². The van der Waals surface area contributed by atoms with Gasteiger partial charge in [-0.25, -0.2) is 25.6 Å². The normalized spacial score (nSPS) is 13.2. The molecule has 0 radical (unpaired) electrons. The van der Waals surface area contributed by atoms with Gasteiger partial charge in [-0.1, -0.05) is 49.7 Å². The molecule has 0 unspecified atom stereocenters. The third-order valence-corrected chi connectivity index (χ3v) is 13.7. The zero-order chi connectivity index (χ0) is 31.6. The molecule has 0 fully saturated rings. The first kappa shape index (κ1) is 38.9. The average molecular weight is 718 g/mol. The van der Waals surface area contributed by atoms with E-state index in [0.29, 0.717) is 11.3 Å². The molecule has 2 aliphatic heterocycles. The van der Waals surface area contributed by atoms with Gasteiger partial charge in [-0.3, -0.25) is 0 Å². The SMILES string of the molecule is Fc1csc2c1CSC2.Fc1sc2c(c1F)CSC2.O=S(=O)(c1ccccc1)N(F)S(=O)(=O)c1ccccc1.[CH2-]CCC.[Li+]. The summed E-state index contributed by atoms with van der Waals surface area (Å²) in [6.07, 6.45) is 2.28. The van der Waals surface area contributed by atoms with Crippen LogP contribution in [0.4, 0.5) is 17.7 Å². The molecule has 0 N–H and O–H groups in total. The van der Waals surface area contributed by atoms with E-state index in [1.165, 1.54) is 47.7 Å². The van der Waals surface area contributed by atoms with Crippen molar-refractivity contribution in [1.29, 1.82) is 0 Å². The topological polar surface area (TPSA) is 71.5 Å². The van der Waals surface area contributed by atoms with Crippen LogP contribution in [-0.2, 0) is 43.1 Å². The molecule has 16 heteroatoms. The fourth-order valence-electron chi connectivity index (χ4n) is 3.36. The van der Waals surface area contributed by atoms with E-state index < -0.39 is 44.7 Å². The van der Waals surface area contributed by atoms with Crippen molar-refractivity contribution in [2.75, 3.05) is 0 Å². The third kappa shape index (κ3) is 9.86. The number of thioether (sulfide) groups is 2. The van der Waals surface area contributed by atoms with E-state index in [9.17, 15) is 34.5 Å². The summed E-state index contributed by atoms with van der Waals surface area (Å²) in [6, 6.07) is 13.0. The Kier molecular flexibility index (Phi) is 16.1. The molecule has 4 aromatic rings. The third-order valence-electron chi connectivity index (χ3n) is 5.69. The van der Waals surface area contributed by atoms with Crippen LogP contribution in [0.2, 0.25) is 0 Å². The van der Waals surface area contributed by atoms with Gasteiger partial charge in [-0.05, 0) is 24.3 Å². The molecule has 2 aromatic heterocycles. The summed E-state index contributed by atoms with van der Waals surface area (Å²) in [6.45, 7) is 5.72. The van der Waals surface area contributed by atoms with Crippen molar-refractivity contribution in [1.82, 2.24) is 3.93 Å². The number of thiophene rings is 2. The van der Waals surface area contributed by atoms with E-state index in [1.807, 2.05) is 0 Å². The Morgan fingerprint density at radius 2 is 1.23 bits per heavy atom. The Hall–Kier alpha value is -1.28. The van der Waals surface area contributed by atoms with Crippen molar-refractivity contribution in [3.8, 4) is 0 Å². The number of fused-ring (bicyclic) bond motifs is 2. The quantitative estimate of drug-likeness (QED) is 0.110. The first-order valence-electron chi connectivity index (χ1n) is 12.7. The molecule has 0 aliphatic carbocycles. The van der Waals surface area contributed by atoms with Gasteiger partial charge < -0.3 is 6.92 Å². The number of halogens is 4. The van der Waals surface area contributed by atoms with E-state index >= 15 is 0 Å². The summed E-state index contributed by atoms with van der Waals surface area (Å²) in [5, 5.41) is 0.954. The smallest absolute Gasteiger partial charge is 0.343 e. The Balaban J connectivity index is 0.000000234. The van der Waals surface area contributed by atoms with Crippen molar-refractivity contribution in [2.24, 2.45) is 0 Å². The Labute approximate surface area is 284 Å². The predicted molar refractivity (Wildman–Crippen MR) is 169 cm³/mol.